The molecule has 0 atom stereocenters. The predicted octanol–water partition coefficient (Wildman–Crippen LogP) is 36.8. The number of rotatable bonds is 15. The lowest BCUT2D eigenvalue weighted by atomic mass is 10.00. The summed E-state index contributed by atoms with van der Waals surface area (Å²) in [6.07, 6.45) is 5.67. The summed E-state index contributed by atoms with van der Waals surface area (Å²) >= 11 is 0. The van der Waals surface area contributed by atoms with Crippen LogP contribution < -0.4 is 0 Å². The molecule has 21 aromatic carbocycles. The minimum atomic E-state index is 0.954. The molecule has 150 heavy (non-hydrogen) atoms. The van der Waals surface area contributed by atoms with Crippen LogP contribution in [0.15, 0.2) is 565 Å². The van der Waals surface area contributed by atoms with Gasteiger partial charge in [0.05, 0.1) is 49.7 Å². The van der Waals surface area contributed by atoms with Gasteiger partial charge in [-0.1, -0.05) is 382 Å². The summed E-state index contributed by atoms with van der Waals surface area (Å²) < 4.78 is 14.2. The summed E-state index contributed by atoms with van der Waals surface area (Å²) in [6.45, 7) is 0. The van der Waals surface area contributed by atoms with Crippen LogP contribution in [0, 0.1) is 0 Å². The van der Waals surface area contributed by atoms with Crippen LogP contribution >= 0.6 is 0 Å². The van der Waals surface area contributed by atoms with Crippen molar-refractivity contribution >= 4 is 131 Å². The number of nitrogens with zero attached hydrogens (tertiary/aromatic N) is 9. The van der Waals surface area contributed by atoms with Crippen molar-refractivity contribution in [2.45, 2.75) is 0 Å². The van der Waals surface area contributed by atoms with Crippen LogP contribution in [-0.2, 0) is 0 Å². The fourth-order valence-electron chi connectivity index (χ4n) is 23.1. The Bertz CT molecular complexity index is 10400. The smallest absolute Gasteiger partial charge is 0.145 e. The van der Waals surface area contributed by atoms with E-state index in [4.69, 9.17) is 15.0 Å². The molecule has 702 valence electrons. The molecule has 9 heteroatoms. The summed E-state index contributed by atoms with van der Waals surface area (Å²) in [4.78, 5) is 14.7. The Morgan fingerprint density at radius 2 is 0.320 bits per heavy atom. The molecule has 30 aromatic rings. The highest BCUT2D eigenvalue weighted by Gasteiger charge is 2.26. The lowest BCUT2D eigenvalue weighted by Crippen LogP contribution is -1.96. The van der Waals surface area contributed by atoms with E-state index >= 15 is 0 Å². The van der Waals surface area contributed by atoms with Crippen LogP contribution in [0.4, 0.5) is 0 Å². The fraction of sp³-hybridized carbons (Fsp3) is 0. The molecular weight excluding hydrogens is 1820 g/mol. The lowest BCUT2D eigenvalue weighted by molar-refractivity contribution is 1.14. The largest absolute Gasteiger partial charge is 0.309 e. The Hall–Kier alpha value is -20.1. The topological polar surface area (TPSA) is 68.2 Å². The normalized spacial score (nSPS) is 11.6. The van der Waals surface area contributed by atoms with Crippen LogP contribution in [0.3, 0.4) is 0 Å². The quantitative estimate of drug-likeness (QED) is 0.103. The second-order valence-corrected chi connectivity index (χ2v) is 38.5. The van der Waals surface area contributed by atoms with Gasteiger partial charge >= 0.3 is 0 Å². The number of aromatic nitrogens is 9. The van der Waals surface area contributed by atoms with Gasteiger partial charge in [-0.25, -0.2) is 15.0 Å². The molecule has 9 heterocycles. The van der Waals surface area contributed by atoms with E-state index in [-0.39, 0.29) is 0 Å². The first kappa shape index (κ1) is 87.6. The van der Waals surface area contributed by atoms with Gasteiger partial charge in [0.25, 0.3) is 0 Å². The predicted molar refractivity (Wildman–Crippen MR) is 628 cm³/mol. The zero-order chi connectivity index (χ0) is 99.1. The van der Waals surface area contributed by atoms with Crippen LogP contribution in [0.5, 0.6) is 0 Å². The Morgan fingerprint density at radius 3 is 0.620 bits per heavy atom. The van der Waals surface area contributed by atoms with Gasteiger partial charge in [-0.05, 0) is 247 Å². The van der Waals surface area contributed by atoms with Crippen molar-refractivity contribution < 1.29 is 0 Å². The number of pyridine rings is 3. The van der Waals surface area contributed by atoms with Crippen LogP contribution in [0.2, 0.25) is 0 Å². The van der Waals surface area contributed by atoms with E-state index in [1.807, 2.05) is 36.8 Å². The number of para-hydroxylation sites is 6. The summed E-state index contributed by atoms with van der Waals surface area (Å²) in [7, 11) is 0. The molecule has 0 aliphatic heterocycles. The molecule has 9 aromatic heterocycles. The molecule has 0 bridgehead atoms. The second-order valence-electron chi connectivity index (χ2n) is 38.5. The Balaban J connectivity index is 0.000000108. The summed E-state index contributed by atoms with van der Waals surface area (Å²) in [6, 6.07) is 196. The van der Waals surface area contributed by atoms with Gasteiger partial charge in [0.15, 0.2) is 0 Å². The Kier molecular flexibility index (Phi) is 21.8. The average molecular weight is 1910 g/mol. The molecule has 0 spiro atoms. The van der Waals surface area contributed by atoms with Gasteiger partial charge < -0.3 is 13.7 Å². The van der Waals surface area contributed by atoms with Crippen molar-refractivity contribution in [3.63, 3.8) is 0 Å². The highest BCUT2D eigenvalue weighted by atomic mass is 15.1. The fourth-order valence-corrected chi connectivity index (χ4v) is 23.1. The van der Waals surface area contributed by atoms with Crippen molar-refractivity contribution in [1.82, 2.24) is 42.4 Å². The van der Waals surface area contributed by atoms with E-state index in [0.717, 1.165) is 83.8 Å². The first-order valence-corrected chi connectivity index (χ1v) is 51.2. The van der Waals surface area contributed by atoms with Gasteiger partial charge in [0, 0.05) is 134 Å². The summed E-state index contributed by atoms with van der Waals surface area (Å²) in [5.74, 6) is 0. The maximum atomic E-state index is 4.92. The number of hydrogen-bond donors (Lipinski definition) is 0. The third-order valence-electron chi connectivity index (χ3n) is 29.9. The van der Waals surface area contributed by atoms with E-state index < -0.39 is 0 Å². The molecule has 30 rings (SSSR count). The van der Waals surface area contributed by atoms with Crippen LogP contribution in [0.1, 0.15) is 0 Å². The first-order chi connectivity index (χ1) is 74.4. The van der Waals surface area contributed by atoms with E-state index in [9.17, 15) is 0 Å². The molecule has 0 N–H and O–H groups in total. The first-order valence-electron chi connectivity index (χ1n) is 51.2. The Morgan fingerprint density at radius 1 is 0.113 bits per heavy atom. The third-order valence-corrected chi connectivity index (χ3v) is 29.9. The molecule has 0 fully saturated rings. The molecular formula is C141H93N9. The number of benzene rings is 21. The molecule has 0 aliphatic carbocycles. The van der Waals surface area contributed by atoms with Crippen molar-refractivity contribution in [1.29, 1.82) is 0 Å². The summed E-state index contributed by atoms with van der Waals surface area (Å²) in [5.41, 5.74) is 41.8. The average Bonchev–Trinajstić information content (AvgIpc) is 1.57. The molecule has 0 radical (unpaired) electrons. The van der Waals surface area contributed by atoms with Crippen LogP contribution in [0.25, 0.3) is 265 Å². The van der Waals surface area contributed by atoms with Crippen molar-refractivity contribution in [3.8, 4) is 134 Å². The SMILES string of the molecule is c1ccc(-c2ccc(-n3c4ccc(-c5cccc6c7ccccc7n(-c7ccc(-c8ccccc8)cc7)c56)cc4c4cccnc43)cc2)cc1.c1ccc(-c2ccc(-n3c4ccc(-c5cccc6c7ccccc7n(-c7cccc(-c8ccccc8)c7)c56)cc4c4cccnc43)cc2)cc1.c1ccc(-c2cccc(-n3c4ccc(-c5cccc6c7ccccc7n(-c7cccc(-c8ccccc8)c7)c56)cc4c4cccnc43)c2)cc1. The van der Waals surface area contributed by atoms with Gasteiger partial charge in [-0.3, -0.25) is 13.7 Å². The summed E-state index contributed by atoms with van der Waals surface area (Å²) in [5, 5.41) is 14.4. The molecule has 0 saturated carbocycles. The van der Waals surface area contributed by atoms with E-state index in [2.05, 4.69) is 555 Å². The van der Waals surface area contributed by atoms with Gasteiger partial charge in [-0.15, -0.1) is 0 Å². The molecule has 0 aliphatic rings. The standard InChI is InChI=1S/3C47H31N3/c1-3-13-32(14-4-1)34-17-9-19-37(29-34)49-44-25-8-7-21-40(44)41-23-11-22-39(46(41)49)36-26-27-45-43(31-36)42-24-12-28-48-47(42)50(45)38-20-10-18-35(30-38)33-15-5-2-6-16-33;1-3-12-32(13-4-1)34-23-26-37(27-24-34)50-45-28-25-36(31-43(45)42-21-11-29-48-47(42)50)39-19-10-20-41-40-18-7-8-22-44(40)49(46(39)41)38-17-9-16-35(30-38)33-14-5-2-6-15-33;1-3-11-32(12-4-1)34-20-25-37(26-21-34)49-44-19-8-7-15-40(44)41-17-9-16-39(46(41)49)36-24-29-45-43(31-36)42-18-10-30-48-47(42)50(45)38-27-22-35(23-28-38)33-13-5-2-6-14-33/h3*1-31H. The maximum Gasteiger partial charge on any atom is 0.145 e. The van der Waals surface area contributed by atoms with Crippen molar-refractivity contribution in [2.24, 2.45) is 0 Å². The highest BCUT2D eigenvalue weighted by molar-refractivity contribution is 6.20. The zero-order valence-corrected chi connectivity index (χ0v) is 81.7. The minimum absolute atomic E-state index is 0.954. The number of fused-ring (bicyclic) bond motifs is 18. The minimum Gasteiger partial charge on any atom is -0.309 e. The highest BCUT2D eigenvalue weighted by Crippen LogP contribution is 2.48. The molecule has 9 nitrogen and oxygen atoms in total. The lowest BCUT2D eigenvalue weighted by Gasteiger charge is -2.14. The molecule has 0 saturated heterocycles. The number of hydrogen-bond acceptors (Lipinski definition) is 3. The van der Waals surface area contributed by atoms with E-state index in [0.29, 0.717) is 0 Å². The van der Waals surface area contributed by atoms with E-state index in [1.165, 1.54) is 182 Å². The maximum absolute atomic E-state index is 4.92. The molecule has 0 amide bonds. The van der Waals surface area contributed by atoms with Crippen LogP contribution in [-0.4, -0.2) is 42.4 Å². The van der Waals surface area contributed by atoms with Crippen molar-refractivity contribution in [2.75, 3.05) is 0 Å². The second kappa shape index (κ2) is 37.2. The van der Waals surface area contributed by atoms with Gasteiger partial charge in [0.2, 0.25) is 0 Å². The monoisotopic (exact) mass is 1910 g/mol. The van der Waals surface area contributed by atoms with E-state index in [1.54, 1.807) is 0 Å². The van der Waals surface area contributed by atoms with Gasteiger partial charge in [0.1, 0.15) is 16.9 Å². The zero-order valence-electron chi connectivity index (χ0n) is 81.7. The van der Waals surface area contributed by atoms with Gasteiger partial charge in [-0.2, -0.15) is 0 Å². The van der Waals surface area contributed by atoms with Crippen molar-refractivity contribution in [3.05, 3.63) is 565 Å². The molecule has 0 unspecified atom stereocenters. The third kappa shape index (κ3) is 15.3. The Labute approximate surface area is 866 Å².